The van der Waals surface area contributed by atoms with Crippen molar-refractivity contribution in [1.82, 2.24) is 14.5 Å². The number of rotatable bonds is 8. The van der Waals surface area contributed by atoms with Gasteiger partial charge in [0.1, 0.15) is 5.82 Å². The first kappa shape index (κ1) is 23.4. The molecule has 5 nitrogen and oxygen atoms in total. The van der Waals surface area contributed by atoms with Crippen LogP contribution in [0.5, 0.6) is 0 Å². The fourth-order valence-corrected chi connectivity index (χ4v) is 4.37. The fourth-order valence-electron chi connectivity index (χ4n) is 4.37. The average Bonchev–Trinajstić information content (AvgIpc) is 2.88. The van der Waals surface area contributed by atoms with Crippen molar-refractivity contribution < 1.29 is 4.79 Å². The van der Waals surface area contributed by atoms with Crippen LogP contribution in [0.1, 0.15) is 60.9 Å². The van der Waals surface area contributed by atoms with Gasteiger partial charge in [-0.1, -0.05) is 62.7 Å². The lowest BCUT2D eigenvalue weighted by molar-refractivity contribution is 0.0717. The lowest BCUT2D eigenvalue weighted by Crippen LogP contribution is -2.36. The molecular formula is C29H31N3O2. The van der Waals surface area contributed by atoms with Crippen molar-refractivity contribution in [3.05, 3.63) is 106 Å². The molecule has 0 saturated carbocycles. The quantitative estimate of drug-likeness (QED) is 0.331. The van der Waals surface area contributed by atoms with Crippen molar-refractivity contribution in [3.63, 3.8) is 0 Å². The molecule has 174 valence electrons. The van der Waals surface area contributed by atoms with Crippen molar-refractivity contribution in [3.8, 4) is 5.69 Å². The SMILES string of the molecule is CCCCc1ccc(C(=O)N(C)C(CC)c2nc3ccccc3c(=O)n2-c2ccccc2)cc1. The Morgan fingerprint density at radius 2 is 1.62 bits per heavy atom. The summed E-state index contributed by atoms with van der Waals surface area (Å²) >= 11 is 0. The highest BCUT2D eigenvalue weighted by atomic mass is 16.2. The van der Waals surface area contributed by atoms with Crippen molar-refractivity contribution >= 4 is 16.8 Å². The van der Waals surface area contributed by atoms with E-state index in [4.69, 9.17) is 4.98 Å². The van der Waals surface area contributed by atoms with Crippen LogP contribution in [0.2, 0.25) is 0 Å². The molecular weight excluding hydrogens is 422 g/mol. The third-order valence-corrected chi connectivity index (χ3v) is 6.31. The maximum Gasteiger partial charge on any atom is 0.266 e. The third kappa shape index (κ3) is 4.65. The molecule has 0 aliphatic heterocycles. The van der Waals surface area contributed by atoms with Gasteiger partial charge in [-0.15, -0.1) is 0 Å². The number of para-hydroxylation sites is 2. The number of hydrogen-bond acceptors (Lipinski definition) is 3. The topological polar surface area (TPSA) is 55.2 Å². The molecule has 0 aliphatic carbocycles. The molecule has 0 aliphatic rings. The molecule has 0 spiro atoms. The highest BCUT2D eigenvalue weighted by Gasteiger charge is 2.27. The number of unbranched alkanes of at least 4 members (excludes halogenated alkanes) is 1. The van der Waals surface area contributed by atoms with E-state index in [1.54, 1.807) is 22.6 Å². The predicted molar refractivity (Wildman–Crippen MR) is 138 cm³/mol. The van der Waals surface area contributed by atoms with E-state index in [-0.39, 0.29) is 17.5 Å². The van der Waals surface area contributed by atoms with E-state index in [0.29, 0.717) is 28.7 Å². The first-order chi connectivity index (χ1) is 16.5. The summed E-state index contributed by atoms with van der Waals surface area (Å²) in [4.78, 5) is 33.6. The minimum Gasteiger partial charge on any atom is -0.332 e. The Bertz CT molecular complexity index is 1330. The zero-order valence-electron chi connectivity index (χ0n) is 20.1. The number of nitrogens with zero attached hydrogens (tertiary/aromatic N) is 3. The molecule has 0 N–H and O–H groups in total. The minimum absolute atomic E-state index is 0.0871. The normalized spacial score (nSPS) is 12.0. The van der Waals surface area contributed by atoms with Crippen LogP contribution in [0.15, 0.2) is 83.7 Å². The van der Waals surface area contributed by atoms with Crippen LogP contribution in [0, 0.1) is 0 Å². The van der Waals surface area contributed by atoms with Crippen LogP contribution in [0.4, 0.5) is 0 Å². The number of hydrogen-bond donors (Lipinski definition) is 0. The van der Waals surface area contributed by atoms with Gasteiger partial charge >= 0.3 is 0 Å². The number of fused-ring (bicyclic) bond motifs is 1. The van der Waals surface area contributed by atoms with Gasteiger partial charge in [-0.25, -0.2) is 4.98 Å². The second kappa shape index (κ2) is 10.5. The lowest BCUT2D eigenvalue weighted by Gasteiger charge is -2.29. The van der Waals surface area contributed by atoms with Gasteiger partial charge in [-0.05, 0) is 61.2 Å². The zero-order valence-corrected chi connectivity index (χ0v) is 20.1. The molecule has 4 aromatic rings. The number of carbonyl (C=O) groups is 1. The molecule has 34 heavy (non-hydrogen) atoms. The van der Waals surface area contributed by atoms with E-state index >= 15 is 0 Å². The molecule has 0 radical (unpaired) electrons. The van der Waals surface area contributed by atoms with E-state index in [2.05, 4.69) is 6.92 Å². The number of benzene rings is 3. The third-order valence-electron chi connectivity index (χ3n) is 6.31. The van der Waals surface area contributed by atoms with Gasteiger partial charge in [0, 0.05) is 12.6 Å². The van der Waals surface area contributed by atoms with Crippen LogP contribution in [0.3, 0.4) is 0 Å². The van der Waals surface area contributed by atoms with Gasteiger partial charge in [-0.3, -0.25) is 14.2 Å². The van der Waals surface area contributed by atoms with E-state index in [9.17, 15) is 9.59 Å². The van der Waals surface area contributed by atoms with Gasteiger partial charge in [0.25, 0.3) is 11.5 Å². The predicted octanol–water partition coefficient (Wildman–Crippen LogP) is 5.95. The first-order valence-electron chi connectivity index (χ1n) is 12.0. The van der Waals surface area contributed by atoms with Gasteiger partial charge in [0.05, 0.1) is 22.6 Å². The smallest absolute Gasteiger partial charge is 0.266 e. The molecule has 0 fully saturated rings. The van der Waals surface area contributed by atoms with Gasteiger partial charge in [-0.2, -0.15) is 0 Å². The zero-order chi connectivity index (χ0) is 24.1. The minimum atomic E-state index is -0.371. The summed E-state index contributed by atoms with van der Waals surface area (Å²) in [5.74, 6) is 0.476. The van der Waals surface area contributed by atoms with Crippen molar-refractivity contribution in [1.29, 1.82) is 0 Å². The second-order valence-corrected chi connectivity index (χ2v) is 8.60. The molecule has 0 bridgehead atoms. The number of carbonyl (C=O) groups excluding carboxylic acids is 1. The summed E-state index contributed by atoms with van der Waals surface area (Å²) in [5.41, 5.74) is 3.11. The van der Waals surface area contributed by atoms with E-state index < -0.39 is 0 Å². The Morgan fingerprint density at radius 3 is 2.29 bits per heavy atom. The van der Waals surface area contributed by atoms with E-state index in [1.165, 1.54) is 5.56 Å². The standard InChI is InChI=1S/C29H31N3O2/c1-4-6-12-21-17-19-22(20-18-21)28(33)31(3)26(5-2)27-30-25-16-11-10-15-24(25)29(34)32(27)23-13-8-7-9-14-23/h7-11,13-20,26H,4-6,12H2,1-3H3. The maximum atomic E-state index is 13.6. The molecule has 1 atom stereocenters. The van der Waals surface area contributed by atoms with Crippen molar-refractivity contribution in [2.45, 2.75) is 45.6 Å². The second-order valence-electron chi connectivity index (χ2n) is 8.60. The Morgan fingerprint density at radius 1 is 0.941 bits per heavy atom. The Hall–Kier alpha value is -3.73. The number of amides is 1. The highest BCUT2D eigenvalue weighted by molar-refractivity contribution is 5.94. The van der Waals surface area contributed by atoms with Gasteiger partial charge in [0.15, 0.2) is 0 Å². The van der Waals surface area contributed by atoms with Crippen LogP contribution in [-0.4, -0.2) is 27.4 Å². The average molecular weight is 454 g/mol. The fraction of sp³-hybridized carbons (Fsp3) is 0.276. The van der Waals surface area contributed by atoms with Crippen molar-refractivity contribution in [2.75, 3.05) is 7.05 Å². The summed E-state index contributed by atoms with van der Waals surface area (Å²) < 4.78 is 1.65. The van der Waals surface area contributed by atoms with Gasteiger partial charge < -0.3 is 4.90 Å². The van der Waals surface area contributed by atoms with E-state index in [0.717, 1.165) is 24.9 Å². The monoisotopic (exact) mass is 453 g/mol. The number of aryl methyl sites for hydroxylation is 1. The van der Waals surface area contributed by atoms with Crippen LogP contribution >= 0.6 is 0 Å². The van der Waals surface area contributed by atoms with Crippen LogP contribution in [-0.2, 0) is 6.42 Å². The van der Waals surface area contributed by atoms with Gasteiger partial charge in [0.2, 0.25) is 0 Å². The Kier molecular flexibility index (Phi) is 7.21. The lowest BCUT2D eigenvalue weighted by atomic mass is 10.0. The first-order valence-corrected chi connectivity index (χ1v) is 12.0. The molecule has 1 aromatic heterocycles. The molecule has 1 amide bonds. The Labute approximate surface area is 200 Å². The van der Waals surface area contributed by atoms with E-state index in [1.807, 2.05) is 79.7 Å². The Balaban J connectivity index is 1.77. The molecule has 0 saturated heterocycles. The van der Waals surface area contributed by atoms with Crippen LogP contribution in [0.25, 0.3) is 16.6 Å². The molecule has 3 aromatic carbocycles. The summed E-state index contributed by atoms with van der Waals surface area (Å²) in [6.45, 7) is 4.19. The summed E-state index contributed by atoms with van der Waals surface area (Å²) in [7, 11) is 1.79. The number of aromatic nitrogens is 2. The maximum absolute atomic E-state index is 13.6. The van der Waals surface area contributed by atoms with Crippen LogP contribution < -0.4 is 5.56 Å². The summed E-state index contributed by atoms with van der Waals surface area (Å²) in [6, 6.07) is 24.4. The molecule has 4 rings (SSSR count). The molecule has 1 heterocycles. The molecule has 1 unspecified atom stereocenters. The highest BCUT2D eigenvalue weighted by Crippen LogP contribution is 2.26. The largest absolute Gasteiger partial charge is 0.332 e. The van der Waals surface area contributed by atoms with Crippen molar-refractivity contribution in [2.24, 2.45) is 0 Å². The summed E-state index contributed by atoms with van der Waals surface area (Å²) in [5, 5.41) is 0.557. The summed E-state index contributed by atoms with van der Waals surface area (Å²) in [6.07, 6.45) is 3.91. The molecule has 5 heteroatoms.